The number of carbonyl (C=O) groups is 1. The Morgan fingerprint density at radius 3 is 2.36 bits per heavy atom. The lowest BCUT2D eigenvalue weighted by molar-refractivity contribution is -0.181. The highest BCUT2D eigenvalue weighted by molar-refractivity contribution is 9.10. The topological polar surface area (TPSA) is 20.3 Å². The molecule has 0 N–H and O–H groups in total. The van der Waals surface area contributed by atoms with Crippen LogP contribution in [0.15, 0.2) is 28.7 Å². The van der Waals surface area contributed by atoms with Gasteiger partial charge in [-0.1, -0.05) is 53.8 Å². The van der Waals surface area contributed by atoms with E-state index in [-0.39, 0.29) is 6.54 Å². The molecule has 1 aromatic carbocycles. The second-order valence-corrected chi connectivity index (χ2v) is 11.4. The smallest absolute Gasteiger partial charge is 0.264 e. The molecule has 7 heteroatoms. The molecule has 0 heterocycles. The van der Waals surface area contributed by atoms with E-state index in [0.717, 1.165) is 10.0 Å². The van der Waals surface area contributed by atoms with E-state index in [9.17, 15) is 18.0 Å². The average Bonchev–Trinajstić information content (AvgIpc) is 2.37. The summed E-state index contributed by atoms with van der Waals surface area (Å²) < 4.78 is 38.8. The van der Waals surface area contributed by atoms with Crippen molar-refractivity contribution in [2.45, 2.75) is 32.2 Å². The Kier molecular flexibility index (Phi) is 6.26. The molecule has 1 aromatic rings. The van der Waals surface area contributed by atoms with Crippen LogP contribution in [0.1, 0.15) is 5.56 Å². The molecule has 0 aliphatic carbocycles. The zero-order valence-corrected chi connectivity index (χ0v) is 15.2. The minimum Gasteiger partial charge on any atom is -0.264 e. The molecule has 0 atom stereocenters. The first-order valence-corrected chi connectivity index (χ1v) is 10.9. The first-order valence-electron chi connectivity index (χ1n) is 6.65. The van der Waals surface area contributed by atoms with Crippen LogP contribution in [0, 0.1) is 11.6 Å². The summed E-state index contributed by atoms with van der Waals surface area (Å²) in [5.74, 6) is -1.91. The molecule has 1 rings (SSSR count). The predicted molar refractivity (Wildman–Crippen MR) is 86.7 cm³/mol. The van der Waals surface area contributed by atoms with Gasteiger partial charge in [0.05, 0.1) is 0 Å². The van der Waals surface area contributed by atoms with Crippen molar-refractivity contribution in [3.05, 3.63) is 34.3 Å². The highest BCUT2D eigenvalue weighted by Crippen LogP contribution is 2.20. The summed E-state index contributed by atoms with van der Waals surface area (Å²) in [5.41, 5.74) is 3.64. The number of alkyl halides is 3. The largest absolute Gasteiger partial charge is 0.472 e. The van der Waals surface area contributed by atoms with Crippen LogP contribution in [0.4, 0.5) is 13.2 Å². The van der Waals surface area contributed by atoms with Crippen LogP contribution in [-0.4, -0.2) is 31.6 Å². The first kappa shape index (κ1) is 18.8. The number of benzene rings is 1. The number of halogens is 4. The van der Waals surface area contributed by atoms with E-state index in [1.54, 1.807) is 18.2 Å². The molecular weight excluding hydrogens is 375 g/mol. The summed E-state index contributed by atoms with van der Waals surface area (Å²) in [6, 6.07) is 9.63. The molecule has 0 fully saturated rings. The highest BCUT2D eigenvalue weighted by atomic mass is 79.9. The fourth-order valence-electron chi connectivity index (χ4n) is 1.53. The lowest BCUT2D eigenvalue weighted by Gasteiger charge is -2.18. The Hall–Kier alpha value is -1.26. The SMILES string of the molecule is C[Si](C)(C)C#CN(CCc1ccccc1Br)C(=O)C(F)(F)F. The third-order valence-electron chi connectivity index (χ3n) is 2.62. The fraction of sp³-hybridized carbons (Fsp3) is 0.400. The van der Waals surface area contributed by atoms with Crippen molar-refractivity contribution in [1.29, 1.82) is 0 Å². The van der Waals surface area contributed by atoms with E-state index >= 15 is 0 Å². The Morgan fingerprint density at radius 2 is 1.86 bits per heavy atom. The minimum atomic E-state index is -4.91. The standard InChI is InChI=1S/C15H17BrF3NOSi/c1-22(2,3)11-10-20(14(21)15(17,18)19)9-8-12-6-4-5-7-13(12)16/h4-7H,8-9H2,1-3H3. The molecule has 0 radical (unpaired) electrons. The van der Waals surface area contributed by atoms with Gasteiger partial charge in [0.1, 0.15) is 8.07 Å². The molecule has 0 aromatic heterocycles. The molecule has 22 heavy (non-hydrogen) atoms. The Morgan fingerprint density at radius 1 is 1.27 bits per heavy atom. The maximum Gasteiger partial charge on any atom is 0.472 e. The number of nitrogens with zero attached hydrogens (tertiary/aromatic N) is 1. The molecule has 120 valence electrons. The monoisotopic (exact) mass is 391 g/mol. The molecule has 1 amide bonds. The molecule has 2 nitrogen and oxygen atoms in total. The van der Waals surface area contributed by atoms with Gasteiger partial charge >= 0.3 is 12.1 Å². The second-order valence-electron chi connectivity index (χ2n) is 5.78. The highest BCUT2D eigenvalue weighted by Gasteiger charge is 2.42. The number of hydrogen-bond acceptors (Lipinski definition) is 1. The fourth-order valence-corrected chi connectivity index (χ4v) is 2.48. The van der Waals surface area contributed by atoms with Crippen LogP contribution < -0.4 is 0 Å². The van der Waals surface area contributed by atoms with E-state index in [0.29, 0.717) is 11.3 Å². The van der Waals surface area contributed by atoms with Crippen molar-refractivity contribution in [3.8, 4) is 11.6 Å². The normalized spacial score (nSPS) is 11.6. The summed E-state index contributed by atoms with van der Waals surface area (Å²) in [4.78, 5) is 12.1. The molecule has 0 spiro atoms. The number of hydrogen-bond donors (Lipinski definition) is 0. The van der Waals surface area contributed by atoms with E-state index in [1.807, 2.05) is 25.7 Å². The van der Waals surface area contributed by atoms with Gasteiger partial charge in [-0.3, -0.25) is 9.69 Å². The van der Waals surface area contributed by atoms with Gasteiger partial charge in [-0.15, -0.1) is 5.54 Å². The van der Waals surface area contributed by atoms with E-state index in [2.05, 4.69) is 27.5 Å². The summed E-state index contributed by atoms with van der Waals surface area (Å²) in [6.45, 7) is 5.62. The van der Waals surface area contributed by atoms with Crippen molar-refractivity contribution in [2.24, 2.45) is 0 Å². The van der Waals surface area contributed by atoms with Crippen LogP contribution in [-0.2, 0) is 11.2 Å². The first-order chi connectivity index (χ1) is 10.0. The molecular formula is C15H17BrF3NOSi. The number of amides is 1. The van der Waals surface area contributed by atoms with Gasteiger partial charge in [0.25, 0.3) is 0 Å². The molecule has 0 aliphatic rings. The van der Waals surface area contributed by atoms with Crippen LogP contribution in [0.2, 0.25) is 19.6 Å². The third kappa shape index (κ3) is 6.24. The van der Waals surface area contributed by atoms with Crippen molar-refractivity contribution in [2.75, 3.05) is 6.54 Å². The number of carbonyl (C=O) groups excluding carboxylic acids is 1. The summed E-state index contributed by atoms with van der Waals surface area (Å²) in [6.07, 6.45) is -4.62. The van der Waals surface area contributed by atoms with E-state index in [1.165, 1.54) is 0 Å². The quantitative estimate of drug-likeness (QED) is 0.429. The van der Waals surface area contributed by atoms with E-state index in [4.69, 9.17) is 0 Å². The molecule has 0 bridgehead atoms. The minimum absolute atomic E-state index is 0.0988. The number of rotatable bonds is 3. The van der Waals surface area contributed by atoms with Gasteiger partial charge in [0.2, 0.25) is 0 Å². The second kappa shape index (κ2) is 7.33. The zero-order valence-electron chi connectivity index (χ0n) is 12.6. The molecule has 0 saturated heterocycles. The Balaban J connectivity index is 2.94. The van der Waals surface area contributed by atoms with Gasteiger partial charge < -0.3 is 0 Å². The van der Waals surface area contributed by atoms with Gasteiger partial charge in [-0.25, -0.2) is 0 Å². The molecule has 0 aliphatic heterocycles. The van der Waals surface area contributed by atoms with Gasteiger partial charge in [-0.2, -0.15) is 13.2 Å². The molecule has 0 unspecified atom stereocenters. The average molecular weight is 392 g/mol. The third-order valence-corrected chi connectivity index (χ3v) is 4.25. The summed E-state index contributed by atoms with van der Waals surface area (Å²) >= 11 is 3.34. The van der Waals surface area contributed by atoms with Gasteiger partial charge in [0, 0.05) is 17.1 Å². The Labute approximate surface area is 137 Å². The van der Waals surface area contributed by atoms with Crippen molar-refractivity contribution < 1.29 is 18.0 Å². The van der Waals surface area contributed by atoms with Gasteiger partial charge in [0.15, 0.2) is 0 Å². The zero-order chi connectivity index (χ0) is 17.0. The lowest BCUT2D eigenvalue weighted by Crippen LogP contribution is -2.39. The maximum absolute atomic E-state index is 12.7. The van der Waals surface area contributed by atoms with Crippen LogP contribution in [0.25, 0.3) is 0 Å². The van der Waals surface area contributed by atoms with Crippen LogP contribution in [0.5, 0.6) is 0 Å². The predicted octanol–water partition coefficient (Wildman–Crippen LogP) is 4.22. The Bertz CT molecular complexity index is 599. The van der Waals surface area contributed by atoms with Crippen molar-refractivity contribution in [3.63, 3.8) is 0 Å². The molecule has 0 saturated carbocycles. The van der Waals surface area contributed by atoms with Crippen molar-refractivity contribution >= 4 is 29.9 Å². The summed E-state index contributed by atoms with van der Waals surface area (Å²) in [5, 5.41) is 0. The lowest BCUT2D eigenvalue weighted by atomic mass is 10.1. The maximum atomic E-state index is 12.7. The van der Waals surface area contributed by atoms with E-state index < -0.39 is 20.2 Å². The summed E-state index contributed by atoms with van der Waals surface area (Å²) in [7, 11) is -1.88. The van der Waals surface area contributed by atoms with Gasteiger partial charge in [-0.05, 0) is 18.1 Å². The van der Waals surface area contributed by atoms with Crippen molar-refractivity contribution in [1.82, 2.24) is 4.90 Å². The van der Waals surface area contributed by atoms with Crippen LogP contribution in [0.3, 0.4) is 0 Å². The van der Waals surface area contributed by atoms with Crippen LogP contribution >= 0.6 is 15.9 Å².